The lowest BCUT2D eigenvalue weighted by Crippen LogP contribution is -2.45. The Balaban J connectivity index is 1.71. The topological polar surface area (TPSA) is 92.8 Å². The largest absolute Gasteiger partial charge is 0.452 e. The van der Waals surface area contributed by atoms with Crippen LogP contribution < -0.4 is 9.62 Å². The van der Waals surface area contributed by atoms with E-state index in [1.54, 1.807) is 44.2 Å². The zero-order chi connectivity index (χ0) is 24.9. The minimum Gasteiger partial charge on any atom is -0.452 e. The molecule has 0 aromatic heterocycles. The number of benzene rings is 2. The van der Waals surface area contributed by atoms with Gasteiger partial charge in [0.25, 0.3) is 15.9 Å². The first-order valence-electron chi connectivity index (χ1n) is 11.8. The molecular weight excluding hydrogens is 452 g/mol. The van der Waals surface area contributed by atoms with Crippen LogP contribution >= 0.6 is 0 Å². The van der Waals surface area contributed by atoms with E-state index in [4.69, 9.17) is 4.74 Å². The lowest BCUT2D eigenvalue weighted by atomic mass is 9.78. The molecule has 0 heterocycles. The molecule has 1 aliphatic rings. The minimum absolute atomic E-state index is 0.0297. The molecule has 1 saturated carbocycles. The molecule has 0 unspecified atom stereocenters. The van der Waals surface area contributed by atoms with Crippen molar-refractivity contribution in [2.24, 2.45) is 11.8 Å². The van der Waals surface area contributed by atoms with Gasteiger partial charge in [0.1, 0.15) is 0 Å². The van der Waals surface area contributed by atoms with Crippen molar-refractivity contribution in [1.29, 1.82) is 0 Å². The lowest BCUT2D eigenvalue weighted by molar-refractivity contribution is -0.125. The molecule has 0 saturated heterocycles. The Morgan fingerprint density at radius 1 is 1.09 bits per heavy atom. The summed E-state index contributed by atoms with van der Waals surface area (Å²) in [5, 5.41) is 2.97. The molecule has 0 aliphatic heterocycles. The van der Waals surface area contributed by atoms with Crippen molar-refractivity contribution in [3.63, 3.8) is 0 Å². The van der Waals surface area contributed by atoms with Gasteiger partial charge in [0.15, 0.2) is 6.61 Å². The van der Waals surface area contributed by atoms with E-state index in [1.165, 1.54) is 16.4 Å². The molecule has 34 heavy (non-hydrogen) atoms. The summed E-state index contributed by atoms with van der Waals surface area (Å²) >= 11 is 0. The van der Waals surface area contributed by atoms with Gasteiger partial charge in [-0.2, -0.15) is 0 Å². The van der Waals surface area contributed by atoms with E-state index >= 15 is 0 Å². The summed E-state index contributed by atoms with van der Waals surface area (Å²) in [6, 6.07) is 13.3. The first-order chi connectivity index (χ1) is 16.1. The molecule has 1 aliphatic carbocycles. The lowest BCUT2D eigenvalue weighted by Gasteiger charge is -2.34. The van der Waals surface area contributed by atoms with Gasteiger partial charge < -0.3 is 10.1 Å². The van der Waals surface area contributed by atoms with Crippen LogP contribution in [0.3, 0.4) is 0 Å². The van der Waals surface area contributed by atoms with E-state index in [-0.39, 0.29) is 29.0 Å². The molecule has 184 valence electrons. The summed E-state index contributed by atoms with van der Waals surface area (Å²) in [6.45, 7) is 7.58. The van der Waals surface area contributed by atoms with Crippen LogP contribution in [-0.4, -0.2) is 39.5 Å². The molecule has 2 aromatic carbocycles. The molecular formula is C26H34N2O5S. The maximum Gasteiger partial charge on any atom is 0.338 e. The van der Waals surface area contributed by atoms with Gasteiger partial charge in [-0.3, -0.25) is 9.10 Å². The molecule has 7 nitrogen and oxygen atoms in total. The van der Waals surface area contributed by atoms with Gasteiger partial charge >= 0.3 is 5.97 Å². The second-order valence-electron chi connectivity index (χ2n) is 9.00. The van der Waals surface area contributed by atoms with Crippen molar-refractivity contribution in [1.82, 2.24) is 5.32 Å². The van der Waals surface area contributed by atoms with E-state index in [0.717, 1.165) is 19.3 Å². The fraction of sp³-hybridized carbons (Fsp3) is 0.462. The number of hydrogen-bond acceptors (Lipinski definition) is 5. The van der Waals surface area contributed by atoms with Crippen molar-refractivity contribution in [3.05, 3.63) is 59.7 Å². The van der Waals surface area contributed by atoms with Crippen LogP contribution in [0.15, 0.2) is 53.4 Å². The van der Waals surface area contributed by atoms with Crippen molar-refractivity contribution >= 4 is 27.6 Å². The molecule has 0 spiro atoms. The SMILES string of the molecule is CCN(c1ccccc1)S(=O)(=O)c1cc(C(=O)OCC(=O)N[C@H]2CCC[C@@H](C)[C@@H]2C)ccc1C. The number of rotatable bonds is 8. The monoisotopic (exact) mass is 486 g/mol. The average molecular weight is 487 g/mol. The first kappa shape index (κ1) is 25.7. The number of amides is 1. The quantitative estimate of drug-likeness (QED) is 0.562. The maximum atomic E-state index is 13.4. The van der Waals surface area contributed by atoms with Crippen LogP contribution in [0.1, 0.15) is 56.0 Å². The number of carbonyl (C=O) groups is 2. The molecule has 8 heteroatoms. The normalized spacial score (nSPS) is 20.4. The Bertz CT molecular complexity index is 1120. The molecule has 0 bridgehead atoms. The van der Waals surface area contributed by atoms with Gasteiger partial charge in [-0.25, -0.2) is 13.2 Å². The zero-order valence-corrected chi connectivity index (χ0v) is 21.1. The van der Waals surface area contributed by atoms with Gasteiger partial charge in [0, 0.05) is 12.6 Å². The number of hydrogen-bond donors (Lipinski definition) is 1. The third kappa shape index (κ3) is 5.78. The maximum absolute atomic E-state index is 13.4. The Labute approximate surface area is 202 Å². The van der Waals surface area contributed by atoms with E-state index < -0.39 is 22.6 Å². The summed E-state index contributed by atoms with van der Waals surface area (Å²) in [5.41, 5.74) is 1.14. The zero-order valence-electron chi connectivity index (χ0n) is 20.3. The van der Waals surface area contributed by atoms with Crippen LogP contribution in [0.25, 0.3) is 0 Å². The number of nitrogens with one attached hydrogen (secondary N) is 1. The molecule has 1 fully saturated rings. The van der Waals surface area contributed by atoms with Gasteiger partial charge in [-0.1, -0.05) is 51.0 Å². The van der Waals surface area contributed by atoms with Gasteiger partial charge in [-0.15, -0.1) is 0 Å². The highest BCUT2D eigenvalue weighted by Crippen LogP contribution is 2.29. The highest BCUT2D eigenvalue weighted by Gasteiger charge is 2.29. The van der Waals surface area contributed by atoms with Crippen LogP contribution in [0, 0.1) is 18.8 Å². The van der Waals surface area contributed by atoms with Gasteiger partial charge in [0.2, 0.25) is 0 Å². The number of esters is 1. The third-order valence-corrected chi connectivity index (χ3v) is 8.76. The highest BCUT2D eigenvalue weighted by molar-refractivity contribution is 7.92. The predicted molar refractivity (Wildman–Crippen MR) is 132 cm³/mol. The van der Waals surface area contributed by atoms with Gasteiger partial charge in [0.05, 0.1) is 16.1 Å². The summed E-state index contributed by atoms with van der Waals surface area (Å²) in [4.78, 5) is 25.1. The standard InChI is InChI=1S/C26H34N2O5S/c1-5-28(22-11-7-6-8-12-22)34(31,32)24-16-21(15-14-19(24)3)26(30)33-17-25(29)27-23-13-9-10-18(2)20(23)4/h6-8,11-12,14-16,18,20,23H,5,9-10,13,17H2,1-4H3,(H,27,29)/t18-,20+,23+/m1/s1. The van der Waals surface area contributed by atoms with Crippen LogP contribution in [-0.2, 0) is 19.6 Å². The Morgan fingerprint density at radius 3 is 2.47 bits per heavy atom. The van der Waals surface area contributed by atoms with Crippen molar-refractivity contribution in [2.45, 2.75) is 57.9 Å². The fourth-order valence-electron chi connectivity index (χ4n) is 4.46. The Morgan fingerprint density at radius 2 is 1.79 bits per heavy atom. The first-order valence-corrected chi connectivity index (χ1v) is 13.2. The summed E-state index contributed by atoms with van der Waals surface area (Å²) < 4.78 is 33.3. The summed E-state index contributed by atoms with van der Waals surface area (Å²) in [7, 11) is -3.91. The highest BCUT2D eigenvalue weighted by atomic mass is 32.2. The number of aryl methyl sites for hydroxylation is 1. The summed E-state index contributed by atoms with van der Waals surface area (Å²) in [5.74, 6) is -0.183. The molecule has 2 aromatic rings. The van der Waals surface area contributed by atoms with E-state index in [2.05, 4.69) is 19.2 Å². The molecule has 1 amide bonds. The van der Waals surface area contributed by atoms with E-state index in [1.807, 2.05) is 6.07 Å². The number of nitrogens with zero attached hydrogens (tertiary/aromatic N) is 1. The smallest absolute Gasteiger partial charge is 0.338 e. The number of para-hydroxylation sites is 1. The van der Waals surface area contributed by atoms with Crippen LogP contribution in [0.5, 0.6) is 0 Å². The number of sulfonamides is 1. The Hall–Kier alpha value is -2.87. The molecule has 1 N–H and O–H groups in total. The summed E-state index contributed by atoms with van der Waals surface area (Å²) in [6.07, 6.45) is 3.13. The second-order valence-corrected chi connectivity index (χ2v) is 10.8. The van der Waals surface area contributed by atoms with Crippen molar-refractivity contribution in [3.8, 4) is 0 Å². The predicted octanol–water partition coefficient (Wildman–Crippen LogP) is 4.31. The van der Waals surface area contributed by atoms with E-state index in [0.29, 0.717) is 23.1 Å². The van der Waals surface area contributed by atoms with Crippen LogP contribution in [0.2, 0.25) is 0 Å². The van der Waals surface area contributed by atoms with E-state index in [9.17, 15) is 18.0 Å². The molecule has 3 rings (SSSR count). The number of ether oxygens (including phenoxy) is 1. The molecule has 0 radical (unpaired) electrons. The number of anilines is 1. The van der Waals surface area contributed by atoms with Crippen molar-refractivity contribution in [2.75, 3.05) is 17.5 Å². The second kappa shape index (κ2) is 11.0. The molecule has 3 atom stereocenters. The third-order valence-electron chi connectivity index (χ3n) is 6.71. The average Bonchev–Trinajstić information content (AvgIpc) is 2.81. The minimum atomic E-state index is -3.91. The van der Waals surface area contributed by atoms with Gasteiger partial charge in [-0.05, 0) is 61.9 Å². The fourth-order valence-corrected chi connectivity index (χ4v) is 6.19. The van der Waals surface area contributed by atoms with Crippen molar-refractivity contribution < 1.29 is 22.7 Å². The van der Waals surface area contributed by atoms with Crippen LogP contribution in [0.4, 0.5) is 5.69 Å². The number of carbonyl (C=O) groups excluding carboxylic acids is 2. The Kier molecular flexibility index (Phi) is 8.36.